The van der Waals surface area contributed by atoms with Crippen LogP contribution in [0.25, 0.3) is 5.76 Å². The molecule has 2 aromatic carbocycles. The average Bonchev–Trinajstić information content (AvgIpc) is 3.08. The smallest absolute Gasteiger partial charge is 0.295 e. The van der Waals surface area contributed by atoms with Crippen molar-refractivity contribution in [3.63, 3.8) is 0 Å². The second-order valence-electron chi connectivity index (χ2n) is 7.26. The van der Waals surface area contributed by atoms with Crippen molar-refractivity contribution in [2.24, 2.45) is 0 Å². The first-order valence-corrected chi connectivity index (χ1v) is 10.1. The molecule has 1 aliphatic rings. The highest BCUT2D eigenvalue weighted by molar-refractivity contribution is 6.46. The molecule has 1 heterocycles. The molecule has 0 saturated carbocycles. The Bertz CT molecular complexity index is 1090. The van der Waals surface area contributed by atoms with Gasteiger partial charge < -0.3 is 24.2 Å². The number of rotatable bonds is 9. The van der Waals surface area contributed by atoms with Crippen molar-refractivity contribution < 1.29 is 33.8 Å². The van der Waals surface area contributed by atoms with Crippen LogP contribution in [-0.2, 0) is 14.3 Å². The van der Waals surface area contributed by atoms with Crippen LogP contribution in [0.3, 0.4) is 0 Å². The lowest BCUT2D eigenvalue weighted by atomic mass is 9.95. The van der Waals surface area contributed by atoms with E-state index < -0.39 is 22.7 Å². The number of aliphatic hydroxyl groups is 1. The molecule has 2 aromatic rings. The molecule has 0 spiro atoms. The number of ketones is 1. The van der Waals surface area contributed by atoms with E-state index in [1.54, 1.807) is 12.1 Å². The first-order chi connectivity index (χ1) is 15.8. The number of likely N-dealkylation sites (tertiary alicyclic amines) is 1. The minimum atomic E-state index is -0.921. The maximum atomic E-state index is 13.0. The van der Waals surface area contributed by atoms with Gasteiger partial charge in [-0.05, 0) is 42.3 Å². The van der Waals surface area contributed by atoms with Gasteiger partial charge in [0.05, 0.1) is 30.8 Å². The maximum Gasteiger partial charge on any atom is 0.295 e. The Balaban J connectivity index is 2.14. The quantitative estimate of drug-likeness (QED) is 0.152. The number of ether oxygens (including phenoxy) is 3. The van der Waals surface area contributed by atoms with Crippen molar-refractivity contribution in [1.82, 2.24) is 4.90 Å². The number of hydrogen-bond donors (Lipinski definition) is 1. The third-order valence-corrected chi connectivity index (χ3v) is 5.36. The Hall–Kier alpha value is -3.92. The standard InChI is InChI=1S/C23H24N2O8/c1-31-12-4-11-24-20(14-5-8-16(9-6-14)25(29)30)19(22(27)23(24)28)21(26)15-7-10-17(32-2)18(13-15)33-3/h5-10,13,20,26H,4,11-12H2,1-3H3/b21-19+. The number of carbonyl (C=O) groups excluding carboxylic acids is 2. The van der Waals surface area contributed by atoms with E-state index in [-0.39, 0.29) is 29.1 Å². The molecule has 1 aliphatic heterocycles. The molecule has 0 aliphatic carbocycles. The summed E-state index contributed by atoms with van der Waals surface area (Å²) in [6.07, 6.45) is 0.462. The molecule has 1 saturated heterocycles. The molecule has 33 heavy (non-hydrogen) atoms. The fourth-order valence-corrected chi connectivity index (χ4v) is 3.75. The molecule has 0 aromatic heterocycles. The van der Waals surface area contributed by atoms with Crippen molar-refractivity contribution in [2.45, 2.75) is 12.5 Å². The summed E-state index contributed by atoms with van der Waals surface area (Å²) in [5.41, 5.74) is 0.474. The summed E-state index contributed by atoms with van der Waals surface area (Å²) in [6, 6.07) is 9.22. The Morgan fingerprint density at radius 2 is 1.73 bits per heavy atom. The number of hydrogen-bond acceptors (Lipinski definition) is 8. The van der Waals surface area contributed by atoms with Crippen LogP contribution in [-0.4, -0.2) is 61.1 Å². The van der Waals surface area contributed by atoms with Crippen LogP contribution < -0.4 is 9.47 Å². The molecule has 10 nitrogen and oxygen atoms in total. The van der Waals surface area contributed by atoms with Gasteiger partial charge in [-0.1, -0.05) is 0 Å². The number of benzene rings is 2. The van der Waals surface area contributed by atoms with E-state index in [2.05, 4.69) is 0 Å². The summed E-state index contributed by atoms with van der Waals surface area (Å²) in [5.74, 6) is -1.23. The van der Waals surface area contributed by atoms with Gasteiger partial charge in [0.2, 0.25) is 0 Å². The molecule has 1 fully saturated rings. The highest BCUT2D eigenvalue weighted by Crippen LogP contribution is 2.41. The summed E-state index contributed by atoms with van der Waals surface area (Å²) in [5, 5.41) is 22.2. The Kier molecular flexibility index (Phi) is 7.29. The Morgan fingerprint density at radius 1 is 1.06 bits per heavy atom. The minimum Gasteiger partial charge on any atom is -0.507 e. The van der Waals surface area contributed by atoms with Crippen molar-refractivity contribution in [3.05, 3.63) is 69.3 Å². The fraction of sp³-hybridized carbons (Fsp3) is 0.304. The van der Waals surface area contributed by atoms with Crippen LogP contribution in [0.1, 0.15) is 23.6 Å². The predicted molar refractivity (Wildman–Crippen MR) is 118 cm³/mol. The van der Waals surface area contributed by atoms with E-state index in [4.69, 9.17) is 14.2 Å². The fourth-order valence-electron chi connectivity index (χ4n) is 3.75. The Morgan fingerprint density at radius 3 is 2.30 bits per heavy atom. The van der Waals surface area contributed by atoms with Crippen LogP contribution >= 0.6 is 0 Å². The zero-order valence-corrected chi connectivity index (χ0v) is 18.4. The van der Waals surface area contributed by atoms with Gasteiger partial charge in [0.1, 0.15) is 5.76 Å². The van der Waals surface area contributed by atoms with E-state index in [1.165, 1.54) is 56.6 Å². The summed E-state index contributed by atoms with van der Waals surface area (Å²) >= 11 is 0. The molecule has 1 N–H and O–H groups in total. The molecule has 1 unspecified atom stereocenters. The Labute approximate surface area is 190 Å². The van der Waals surface area contributed by atoms with E-state index >= 15 is 0 Å². The van der Waals surface area contributed by atoms with Crippen molar-refractivity contribution in [3.8, 4) is 11.5 Å². The number of methoxy groups -OCH3 is 3. The second-order valence-corrected chi connectivity index (χ2v) is 7.26. The summed E-state index contributed by atoms with van der Waals surface area (Å²) < 4.78 is 15.5. The predicted octanol–water partition coefficient (Wildman–Crippen LogP) is 3.07. The molecular weight excluding hydrogens is 432 g/mol. The second kappa shape index (κ2) is 10.1. The van der Waals surface area contributed by atoms with Gasteiger partial charge in [0, 0.05) is 38.0 Å². The molecule has 174 valence electrons. The van der Waals surface area contributed by atoms with Gasteiger partial charge in [0.25, 0.3) is 17.4 Å². The number of nitro benzene ring substituents is 1. The highest BCUT2D eigenvalue weighted by Gasteiger charge is 2.45. The van der Waals surface area contributed by atoms with Crippen LogP contribution in [0, 0.1) is 10.1 Å². The van der Waals surface area contributed by atoms with Gasteiger partial charge in [-0.25, -0.2) is 0 Å². The summed E-state index contributed by atoms with van der Waals surface area (Å²) in [6.45, 7) is 0.564. The normalized spacial score (nSPS) is 17.3. The monoisotopic (exact) mass is 456 g/mol. The molecular formula is C23H24N2O8. The number of amides is 1. The van der Waals surface area contributed by atoms with E-state index in [0.717, 1.165) is 0 Å². The maximum absolute atomic E-state index is 13.0. The van der Waals surface area contributed by atoms with E-state index in [9.17, 15) is 24.8 Å². The summed E-state index contributed by atoms with van der Waals surface area (Å²) in [4.78, 5) is 37.7. The lowest BCUT2D eigenvalue weighted by Gasteiger charge is -2.25. The zero-order chi connectivity index (χ0) is 24.1. The molecule has 1 amide bonds. The number of carbonyl (C=O) groups is 2. The van der Waals surface area contributed by atoms with Crippen LogP contribution in [0.4, 0.5) is 5.69 Å². The summed E-state index contributed by atoms with van der Waals surface area (Å²) in [7, 11) is 4.43. The van der Waals surface area contributed by atoms with E-state index in [1.807, 2.05) is 0 Å². The average molecular weight is 456 g/mol. The van der Waals surface area contributed by atoms with Gasteiger partial charge >= 0.3 is 0 Å². The highest BCUT2D eigenvalue weighted by atomic mass is 16.6. The SMILES string of the molecule is COCCCN1C(=O)C(=O)/C(=C(/O)c2ccc(OC)c(OC)c2)C1c1ccc([N+](=O)[O-])cc1. The zero-order valence-electron chi connectivity index (χ0n) is 18.4. The number of nitrogens with zero attached hydrogens (tertiary/aromatic N) is 2. The lowest BCUT2D eigenvalue weighted by Crippen LogP contribution is -2.31. The number of aliphatic hydroxyl groups excluding tert-OH is 1. The lowest BCUT2D eigenvalue weighted by molar-refractivity contribution is -0.384. The van der Waals surface area contributed by atoms with Crippen molar-refractivity contribution >= 4 is 23.1 Å². The van der Waals surface area contributed by atoms with Crippen LogP contribution in [0.5, 0.6) is 11.5 Å². The minimum absolute atomic E-state index is 0.113. The van der Waals surface area contributed by atoms with Crippen LogP contribution in [0.15, 0.2) is 48.0 Å². The van der Waals surface area contributed by atoms with Gasteiger partial charge in [-0.3, -0.25) is 19.7 Å². The van der Waals surface area contributed by atoms with Crippen molar-refractivity contribution in [2.75, 3.05) is 34.5 Å². The molecule has 0 bridgehead atoms. The van der Waals surface area contributed by atoms with Crippen molar-refractivity contribution in [1.29, 1.82) is 0 Å². The largest absolute Gasteiger partial charge is 0.507 e. The topological polar surface area (TPSA) is 128 Å². The van der Waals surface area contributed by atoms with Crippen LogP contribution in [0.2, 0.25) is 0 Å². The first kappa shape index (κ1) is 23.7. The van der Waals surface area contributed by atoms with Gasteiger partial charge in [0.15, 0.2) is 11.5 Å². The molecule has 10 heteroatoms. The molecule has 0 radical (unpaired) electrons. The number of Topliss-reactive ketones (excluding diaryl/α,β-unsaturated/α-hetero) is 1. The first-order valence-electron chi connectivity index (χ1n) is 10.1. The number of nitro groups is 1. The molecule has 1 atom stereocenters. The van der Waals surface area contributed by atoms with E-state index in [0.29, 0.717) is 30.1 Å². The number of non-ortho nitro benzene ring substituents is 1. The van der Waals surface area contributed by atoms with Gasteiger partial charge in [-0.15, -0.1) is 0 Å². The third-order valence-electron chi connectivity index (χ3n) is 5.36. The van der Waals surface area contributed by atoms with Gasteiger partial charge in [-0.2, -0.15) is 0 Å². The third kappa shape index (κ3) is 4.65. The molecule has 3 rings (SSSR count).